The SMILES string of the molecule is C=C(/C=C\C(F)=C/C)[C@H]1CC(F)(F)CCN1[C@@H]1CCOc2cc(S(=O)(=O)Nc3ncns3)ccc21. The minimum atomic E-state index is -3.92. The standard InChI is InChI=1S/C23H25F3N4O3S2/c1-3-16(24)5-4-15(2)20-13-23(25,26)9-10-30(20)19-8-11-33-21-12-17(6-7-18(19)21)35(31,32)29-22-27-14-28-34-22/h3-7,12,14,19-20H,2,8-11,13H2,1H3,(H,27,28,29)/b5-4-,16-3+/t19-,20-/m1/s1. The lowest BCUT2D eigenvalue weighted by atomic mass is 9.88. The van der Waals surface area contributed by atoms with Gasteiger partial charge in [-0.15, -0.1) is 0 Å². The van der Waals surface area contributed by atoms with Crippen LogP contribution in [0.2, 0.25) is 0 Å². The quantitative estimate of drug-likeness (QED) is 0.497. The fraction of sp³-hybridized carbons (Fsp3) is 0.391. The van der Waals surface area contributed by atoms with Crippen LogP contribution in [0.3, 0.4) is 0 Å². The van der Waals surface area contributed by atoms with E-state index >= 15 is 0 Å². The van der Waals surface area contributed by atoms with E-state index in [0.29, 0.717) is 29.9 Å². The number of hydrogen-bond donors (Lipinski definition) is 1. The molecule has 2 aliphatic rings. The summed E-state index contributed by atoms with van der Waals surface area (Å²) in [6, 6.07) is 3.53. The maximum absolute atomic E-state index is 14.4. The van der Waals surface area contributed by atoms with Crippen LogP contribution < -0.4 is 9.46 Å². The van der Waals surface area contributed by atoms with E-state index in [9.17, 15) is 21.6 Å². The summed E-state index contributed by atoms with van der Waals surface area (Å²) in [7, 11) is -3.92. The Labute approximate surface area is 206 Å². The van der Waals surface area contributed by atoms with Crippen LogP contribution in [0.5, 0.6) is 5.75 Å². The molecule has 12 heteroatoms. The van der Waals surface area contributed by atoms with Gasteiger partial charge in [-0.1, -0.05) is 24.8 Å². The van der Waals surface area contributed by atoms with E-state index < -0.39 is 34.2 Å². The maximum atomic E-state index is 14.4. The highest BCUT2D eigenvalue weighted by atomic mass is 32.2. The number of sulfonamides is 1. The van der Waals surface area contributed by atoms with Gasteiger partial charge < -0.3 is 4.74 Å². The first kappa shape index (κ1) is 25.4. The molecule has 4 rings (SSSR count). The lowest BCUT2D eigenvalue weighted by Gasteiger charge is -2.45. The van der Waals surface area contributed by atoms with Gasteiger partial charge in [-0.05, 0) is 24.6 Å². The lowest BCUT2D eigenvalue weighted by Crippen LogP contribution is -2.49. The van der Waals surface area contributed by atoms with E-state index in [0.717, 1.165) is 11.5 Å². The number of nitrogens with zero attached hydrogens (tertiary/aromatic N) is 3. The molecule has 0 radical (unpaired) electrons. The van der Waals surface area contributed by atoms with Crippen molar-refractivity contribution in [3.63, 3.8) is 0 Å². The molecule has 0 saturated carbocycles. The van der Waals surface area contributed by atoms with E-state index in [-0.39, 0.29) is 29.0 Å². The van der Waals surface area contributed by atoms with Gasteiger partial charge in [-0.3, -0.25) is 9.62 Å². The second kappa shape index (κ2) is 10.1. The van der Waals surface area contributed by atoms with Gasteiger partial charge in [0.1, 0.15) is 17.9 Å². The Hall–Kier alpha value is -2.70. The summed E-state index contributed by atoms with van der Waals surface area (Å²) in [5.74, 6) is -2.97. The Balaban J connectivity index is 1.62. The zero-order chi connectivity index (χ0) is 25.2. The van der Waals surface area contributed by atoms with Gasteiger partial charge >= 0.3 is 0 Å². The molecule has 1 aromatic heterocycles. The van der Waals surface area contributed by atoms with Crippen molar-refractivity contribution in [3.05, 3.63) is 66.3 Å². The third kappa shape index (κ3) is 5.76. The van der Waals surface area contributed by atoms with Crippen LogP contribution in [0.1, 0.15) is 37.8 Å². The van der Waals surface area contributed by atoms with Crippen LogP contribution in [-0.4, -0.2) is 47.8 Å². The zero-order valence-electron chi connectivity index (χ0n) is 19.0. The highest BCUT2D eigenvalue weighted by Crippen LogP contribution is 2.44. The Bertz CT molecular complexity index is 1250. The van der Waals surface area contributed by atoms with Crippen molar-refractivity contribution in [3.8, 4) is 5.75 Å². The highest BCUT2D eigenvalue weighted by Gasteiger charge is 2.44. The number of allylic oxidation sites excluding steroid dienone is 3. The molecule has 7 nitrogen and oxygen atoms in total. The first-order chi connectivity index (χ1) is 16.6. The number of alkyl halides is 2. The molecule has 1 N–H and O–H groups in total. The van der Waals surface area contributed by atoms with Gasteiger partial charge in [-0.2, -0.15) is 4.37 Å². The number of nitrogens with one attached hydrogen (secondary N) is 1. The van der Waals surface area contributed by atoms with Crippen molar-refractivity contribution < 1.29 is 26.3 Å². The summed E-state index contributed by atoms with van der Waals surface area (Å²) < 4.78 is 79.8. The number of ether oxygens (including phenoxy) is 1. The number of likely N-dealkylation sites (tertiary alicyclic amines) is 1. The average Bonchev–Trinajstić information content (AvgIpc) is 3.33. The topological polar surface area (TPSA) is 84.4 Å². The molecular formula is C23H25F3N4O3S2. The summed E-state index contributed by atoms with van der Waals surface area (Å²) in [6.07, 6.45) is 4.96. The molecule has 0 spiro atoms. The third-order valence-corrected chi connectivity index (χ3v) is 8.12. The van der Waals surface area contributed by atoms with Gasteiger partial charge in [0.15, 0.2) is 0 Å². The average molecular weight is 527 g/mol. The Morgan fingerprint density at radius 1 is 1.37 bits per heavy atom. The number of piperidine rings is 1. The summed E-state index contributed by atoms with van der Waals surface area (Å²) in [4.78, 5) is 5.76. The number of rotatable bonds is 7. The lowest BCUT2D eigenvalue weighted by molar-refractivity contribution is -0.0832. The Kier molecular flexibility index (Phi) is 7.34. The van der Waals surface area contributed by atoms with Crippen molar-refractivity contribution in [1.82, 2.24) is 14.3 Å². The smallest absolute Gasteiger partial charge is 0.263 e. The molecule has 0 bridgehead atoms. The Morgan fingerprint density at radius 3 is 2.89 bits per heavy atom. The zero-order valence-corrected chi connectivity index (χ0v) is 20.6. The molecular weight excluding hydrogens is 501 g/mol. The monoisotopic (exact) mass is 526 g/mol. The number of halogens is 3. The van der Waals surface area contributed by atoms with Gasteiger partial charge in [0.25, 0.3) is 15.9 Å². The van der Waals surface area contributed by atoms with Crippen molar-refractivity contribution in [2.75, 3.05) is 17.9 Å². The number of anilines is 1. The summed E-state index contributed by atoms with van der Waals surface area (Å²) >= 11 is 0.911. The molecule has 0 unspecified atom stereocenters. The molecule has 188 valence electrons. The molecule has 1 saturated heterocycles. The molecule has 0 aliphatic carbocycles. The second-order valence-corrected chi connectivity index (χ2v) is 10.8. The van der Waals surface area contributed by atoms with Gasteiger partial charge in [0.2, 0.25) is 5.13 Å². The van der Waals surface area contributed by atoms with Crippen molar-refractivity contribution >= 4 is 26.7 Å². The molecule has 2 aromatic rings. The van der Waals surface area contributed by atoms with Gasteiger partial charge in [0, 0.05) is 61.1 Å². The summed E-state index contributed by atoms with van der Waals surface area (Å²) in [5.41, 5.74) is 1.09. The molecule has 35 heavy (non-hydrogen) atoms. The second-order valence-electron chi connectivity index (χ2n) is 8.35. The van der Waals surface area contributed by atoms with Crippen LogP contribution in [-0.2, 0) is 10.0 Å². The van der Waals surface area contributed by atoms with Crippen LogP contribution in [0.4, 0.5) is 18.3 Å². The fourth-order valence-electron chi connectivity index (χ4n) is 4.32. The molecule has 3 heterocycles. The van der Waals surface area contributed by atoms with Crippen molar-refractivity contribution in [2.24, 2.45) is 0 Å². The summed E-state index contributed by atoms with van der Waals surface area (Å²) in [5, 5.41) is 0.138. The minimum Gasteiger partial charge on any atom is -0.493 e. The molecule has 1 aromatic carbocycles. The number of hydrogen-bond acceptors (Lipinski definition) is 7. The molecule has 0 amide bonds. The van der Waals surface area contributed by atoms with Crippen LogP contribution in [0.15, 0.2) is 65.6 Å². The van der Waals surface area contributed by atoms with Crippen LogP contribution in [0, 0.1) is 0 Å². The van der Waals surface area contributed by atoms with Gasteiger partial charge in [-0.25, -0.2) is 26.6 Å². The normalized spacial score (nSPS) is 23.0. The van der Waals surface area contributed by atoms with Crippen LogP contribution >= 0.6 is 11.5 Å². The van der Waals surface area contributed by atoms with E-state index in [1.54, 1.807) is 13.0 Å². The molecule has 1 fully saturated rings. The number of benzene rings is 1. The first-order valence-electron chi connectivity index (χ1n) is 11.0. The Morgan fingerprint density at radius 2 is 2.17 bits per heavy atom. The fourth-order valence-corrected chi connectivity index (χ4v) is 5.99. The predicted molar refractivity (Wildman–Crippen MR) is 128 cm³/mol. The van der Waals surface area contributed by atoms with Crippen molar-refractivity contribution in [1.29, 1.82) is 0 Å². The predicted octanol–water partition coefficient (Wildman–Crippen LogP) is 5.25. The van der Waals surface area contributed by atoms with Gasteiger partial charge in [0.05, 0.1) is 11.5 Å². The van der Waals surface area contributed by atoms with Crippen LogP contribution in [0.25, 0.3) is 0 Å². The largest absolute Gasteiger partial charge is 0.493 e. The van der Waals surface area contributed by atoms with E-state index in [4.69, 9.17) is 4.74 Å². The third-order valence-electron chi connectivity index (χ3n) is 6.07. The maximum Gasteiger partial charge on any atom is 0.263 e. The van der Waals surface area contributed by atoms with Crippen molar-refractivity contribution in [2.45, 2.75) is 49.1 Å². The van der Waals surface area contributed by atoms with E-state index in [1.165, 1.54) is 36.7 Å². The minimum absolute atomic E-state index is 0.0111. The number of aromatic nitrogens is 2. The molecule has 2 atom stereocenters. The first-order valence-corrected chi connectivity index (χ1v) is 13.2. The van der Waals surface area contributed by atoms with E-state index in [1.807, 2.05) is 4.90 Å². The summed E-state index contributed by atoms with van der Waals surface area (Å²) in [6.45, 7) is 5.89. The highest BCUT2D eigenvalue weighted by molar-refractivity contribution is 7.93. The number of fused-ring (bicyclic) bond motifs is 1. The molecule has 2 aliphatic heterocycles. The van der Waals surface area contributed by atoms with E-state index in [2.05, 4.69) is 20.7 Å².